The highest BCUT2D eigenvalue weighted by atomic mass is 35.5. The van der Waals surface area contributed by atoms with Gasteiger partial charge in [-0.2, -0.15) is 0 Å². The van der Waals surface area contributed by atoms with Crippen molar-refractivity contribution in [1.29, 1.82) is 0 Å². The number of nitrogens with one attached hydrogen (secondary N) is 1. The highest BCUT2D eigenvalue weighted by Crippen LogP contribution is 2.17. The van der Waals surface area contributed by atoms with Gasteiger partial charge in [0.1, 0.15) is 5.82 Å². The number of benzene rings is 1. The monoisotopic (exact) mass is 298 g/mol. The molecule has 0 radical (unpaired) electrons. The lowest BCUT2D eigenvalue weighted by Gasteiger charge is -2.05. The maximum Gasteiger partial charge on any atom is 0.252 e. The van der Waals surface area contributed by atoms with E-state index < -0.39 is 5.82 Å². The molecule has 1 amide bonds. The number of nitrogens with zero attached hydrogens (tertiary/aromatic N) is 1. The van der Waals surface area contributed by atoms with E-state index in [0.29, 0.717) is 13.0 Å². The number of rotatable bonds is 4. The van der Waals surface area contributed by atoms with Gasteiger partial charge in [0.15, 0.2) is 0 Å². The third-order valence-electron chi connectivity index (χ3n) is 2.51. The van der Waals surface area contributed by atoms with Crippen LogP contribution in [0.15, 0.2) is 23.6 Å². The van der Waals surface area contributed by atoms with Crippen LogP contribution >= 0.6 is 22.9 Å². The Hall–Kier alpha value is -1.46. The number of amides is 1. The molecule has 19 heavy (non-hydrogen) atoms. The average molecular weight is 299 g/mol. The minimum absolute atomic E-state index is 0.113. The Labute approximate surface area is 119 Å². The van der Waals surface area contributed by atoms with Gasteiger partial charge in [-0.15, -0.1) is 11.3 Å². The second-order valence-electron chi connectivity index (χ2n) is 3.99. The molecule has 0 atom stereocenters. The van der Waals surface area contributed by atoms with Crippen LogP contribution in [0, 0.1) is 12.7 Å². The van der Waals surface area contributed by atoms with Crippen molar-refractivity contribution >= 4 is 28.8 Å². The molecule has 0 aliphatic carbocycles. The van der Waals surface area contributed by atoms with Crippen LogP contribution in [-0.4, -0.2) is 17.4 Å². The second-order valence-corrected chi connectivity index (χ2v) is 5.46. The molecular weight excluding hydrogens is 287 g/mol. The van der Waals surface area contributed by atoms with E-state index in [9.17, 15) is 9.18 Å². The normalized spacial score (nSPS) is 10.5. The molecule has 1 heterocycles. The predicted molar refractivity (Wildman–Crippen MR) is 74.3 cm³/mol. The summed E-state index contributed by atoms with van der Waals surface area (Å²) in [6, 6.07) is 3.71. The van der Waals surface area contributed by atoms with Crippen LogP contribution in [0.25, 0.3) is 0 Å². The van der Waals surface area contributed by atoms with Crippen LogP contribution in [-0.2, 0) is 6.42 Å². The van der Waals surface area contributed by atoms with Gasteiger partial charge in [-0.05, 0) is 25.1 Å². The highest BCUT2D eigenvalue weighted by molar-refractivity contribution is 7.09. The summed E-state index contributed by atoms with van der Waals surface area (Å²) in [4.78, 5) is 16.1. The molecule has 1 aromatic carbocycles. The minimum Gasteiger partial charge on any atom is -0.352 e. The van der Waals surface area contributed by atoms with Crippen molar-refractivity contribution in [1.82, 2.24) is 10.3 Å². The molecule has 6 heteroatoms. The summed E-state index contributed by atoms with van der Waals surface area (Å²) >= 11 is 7.39. The molecule has 0 saturated carbocycles. The Morgan fingerprint density at radius 1 is 1.53 bits per heavy atom. The van der Waals surface area contributed by atoms with E-state index in [1.54, 1.807) is 11.3 Å². The van der Waals surface area contributed by atoms with Crippen LogP contribution in [0.2, 0.25) is 5.02 Å². The smallest absolute Gasteiger partial charge is 0.252 e. The van der Waals surface area contributed by atoms with Gasteiger partial charge in [-0.1, -0.05) is 11.6 Å². The van der Waals surface area contributed by atoms with Crippen LogP contribution in [0.5, 0.6) is 0 Å². The van der Waals surface area contributed by atoms with Gasteiger partial charge in [0.2, 0.25) is 0 Å². The lowest BCUT2D eigenvalue weighted by Crippen LogP contribution is -2.26. The molecule has 0 fully saturated rings. The van der Waals surface area contributed by atoms with Gasteiger partial charge in [-0.25, -0.2) is 9.37 Å². The first-order chi connectivity index (χ1) is 9.06. The van der Waals surface area contributed by atoms with Crippen molar-refractivity contribution in [3.05, 3.63) is 50.7 Å². The second kappa shape index (κ2) is 6.12. The molecule has 2 rings (SSSR count). The first-order valence-corrected chi connectivity index (χ1v) is 6.96. The van der Waals surface area contributed by atoms with Gasteiger partial charge in [0.25, 0.3) is 5.91 Å². The summed E-state index contributed by atoms with van der Waals surface area (Å²) in [5, 5.41) is 5.82. The standard InChI is InChI=1S/C13H12ClFN2OS/c1-8-17-10(7-19-8)4-5-16-13(18)11-3-2-9(15)6-12(11)14/h2-3,6-7H,4-5H2,1H3,(H,16,18). The van der Waals surface area contributed by atoms with E-state index >= 15 is 0 Å². The van der Waals surface area contributed by atoms with Crippen LogP contribution in [0.4, 0.5) is 4.39 Å². The van der Waals surface area contributed by atoms with Gasteiger partial charge in [0.05, 0.1) is 21.3 Å². The number of thiazole rings is 1. The van der Waals surface area contributed by atoms with Crippen LogP contribution < -0.4 is 5.32 Å². The number of hydrogen-bond acceptors (Lipinski definition) is 3. The maximum absolute atomic E-state index is 12.9. The summed E-state index contributed by atoms with van der Waals surface area (Å²) in [5.74, 6) is -0.767. The molecule has 1 aromatic heterocycles. The van der Waals surface area contributed by atoms with E-state index in [1.807, 2.05) is 12.3 Å². The molecule has 0 unspecified atom stereocenters. The fourth-order valence-electron chi connectivity index (χ4n) is 1.60. The van der Waals surface area contributed by atoms with Crippen molar-refractivity contribution < 1.29 is 9.18 Å². The predicted octanol–water partition coefficient (Wildman–Crippen LogP) is 3.22. The topological polar surface area (TPSA) is 42.0 Å². The SMILES string of the molecule is Cc1nc(CCNC(=O)c2ccc(F)cc2Cl)cs1. The first-order valence-electron chi connectivity index (χ1n) is 5.70. The van der Waals surface area contributed by atoms with Gasteiger partial charge in [0, 0.05) is 18.3 Å². The Kier molecular flexibility index (Phi) is 4.50. The van der Waals surface area contributed by atoms with Crippen LogP contribution in [0.1, 0.15) is 21.1 Å². The van der Waals surface area contributed by atoms with Gasteiger partial charge < -0.3 is 5.32 Å². The van der Waals surface area contributed by atoms with Crippen molar-refractivity contribution in [2.75, 3.05) is 6.54 Å². The van der Waals surface area contributed by atoms with Gasteiger partial charge in [-0.3, -0.25) is 4.79 Å². The molecule has 0 bridgehead atoms. The van der Waals surface area contributed by atoms with E-state index in [0.717, 1.165) is 16.8 Å². The molecular formula is C13H12ClFN2OS. The minimum atomic E-state index is -0.459. The van der Waals surface area contributed by atoms with E-state index in [4.69, 9.17) is 11.6 Å². The zero-order valence-electron chi connectivity index (χ0n) is 10.2. The van der Waals surface area contributed by atoms with E-state index in [-0.39, 0.29) is 16.5 Å². The maximum atomic E-state index is 12.9. The number of aryl methyl sites for hydroxylation is 1. The Balaban J connectivity index is 1.90. The molecule has 0 aliphatic rings. The zero-order valence-corrected chi connectivity index (χ0v) is 11.8. The molecule has 3 nitrogen and oxygen atoms in total. The lowest BCUT2D eigenvalue weighted by molar-refractivity contribution is 0.0954. The summed E-state index contributed by atoms with van der Waals surface area (Å²) in [7, 11) is 0. The van der Waals surface area contributed by atoms with Crippen molar-refractivity contribution in [2.24, 2.45) is 0 Å². The summed E-state index contributed by atoms with van der Waals surface area (Å²) < 4.78 is 12.9. The number of carbonyl (C=O) groups excluding carboxylic acids is 1. The van der Waals surface area contributed by atoms with Crippen molar-refractivity contribution in [3.8, 4) is 0 Å². The quantitative estimate of drug-likeness (QED) is 0.942. The van der Waals surface area contributed by atoms with Crippen molar-refractivity contribution in [2.45, 2.75) is 13.3 Å². The Bertz CT molecular complexity index is 600. The zero-order chi connectivity index (χ0) is 13.8. The van der Waals surface area contributed by atoms with Gasteiger partial charge >= 0.3 is 0 Å². The number of carbonyl (C=O) groups is 1. The van der Waals surface area contributed by atoms with E-state index in [2.05, 4.69) is 10.3 Å². The number of halogens is 2. The Morgan fingerprint density at radius 3 is 2.95 bits per heavy atom. The molecule has 1 N–H and O–H groups in total. The summed E-state index contributed by atoms with van der Waals surface area (Å²) in [6.45, 7) is 2.40. The fraction of sp³-hybridized carbons (Fsp3) is 0.231. The summed E-state index contributed by atoms with van der Waals surface area (Å²) in [6.07, 6.45) is 0.662. The fourth-order valence-corrected chi connectivity index (χ4v) is 2.50. The third kappa shape index (κ3) is 3.75. The molecule has 0 spiro atoms. The number of aromatic nitrogens is 1. The Morgan fingerprint density at radius 2 is 2.32 bits per heavy atom. The summed E-state index contributed by atoms with van der Waals surface area (Å²) in [5.41, 5.74) is 1.23. The first kappa shape index (κ1) is 14.0. The van der Waals surface area contributed by atoms with Crippen LogP contribution in [0.3, 0.4) is 0 Å². The lowest BCUT2D eigenvalue weighted by atomic mass is 10.2. The van der Waals surface area contributed by atoms with E-state index in [1.165, 1.54) is 12.1 Å². The van der Waals surface area contributed by atoms with Crippen molar-refractivity contribution in [3.63, 3.8) is 0 Å². The third-order valence-corrected chi connectivity index (χ3v) is 3.64. The molecule has 100 valence electrons. The number of hydrogen-bond donors (Lipinski definition) is 1. The highest BCUT2D eigenvalue weighted by Gasteiger charge is 2.10. The molecule has 0 saturated heterocycles. The average Bonchev–Trinajstić information content (AvgIpc) is 2.75. The molecule has 2 aromatic rings. The largest absolute Gasteiger partial charge is 0.352 e. The molecule has 0 aliphatic heterocycles.